The first-order chi connectivity index (χ1) is 11.4. The van der Waals surface area contributed by atoms with E-state index in [2.05, 4.69) is 4.72 Å². The standard InChI is InChI=1S/C16H14Cl2N2O3S/c17-11-3-1-4-13(9-11)24(22,23)19-12-6-7-15(14(18)10-12)20-8-2-5-16(20)21/h1,3-4,6-7,9-10,19H,2,5,8H2. The molecular weight excluding hydrogens is 371 g/mol. The van der Waals surface area contributed by atoms with E-state index in [-0.39, 0.29) is 10.8 Å². The van der Waals surface area contributed by atoms with Crippen molar-refractivity contribution in [3.05, 3.63) is 52.5 Å². The molecule has 5 nitrogen and oxygen atoms in total. The Labute approximate surface area is 150 Å². The molecule has 126 valence electrons. The molecule has 0 saturated carbocycles. The zero-order valence-corrected chi connectivity index (χ0v) is 14.8. The van der Waals surface area contributed by atoms with E-state index in [9.17, 15) is 13.2 Å². The van der Waals surface area contributed by atoms with Gasteiger partial charge in [-0.3, -0.25) is 9.52 Å². The lowest BCUT2D eigenvalue weighted by Crippen LogP contribution is -2.24. The number of benzene rings is 2. The summed E-state index contributed by atoms with van der Waals surface area (Å²) in [5.41, 5.74) is 0.903. The summed E-state index contributed by atoms with van der Waals surface area (Å²) in [7, 11) is -3.77. The summed E-state index contributed by atoms with van der Waals surface area (Å²) in [5.74, 6) is 0.0177. The number of carbonyl (C=O) groups excluding carboxylic acids is 1. The lowest BCUT2D eigenvalue weighted by molar-refractivity contribution is -0.117. The minimum absolute atomic E-state index is 0.0177. The molecule has 1 fully saturated rings. The quantitative estimate of drug-likeness (QED) is 0.868. The Bertz CT molecular complexity index is 900. The van der Waals surface area contributed by atoms with E-state index in [0.717, 1.165) is 6.42 Å². The number of nitrogens with one attached hydrogen (secondary N) is 1. The molecule has 0 spiro atoms. The molecular formula is C16H14Cl2N2O3S. The van der Waals surface area contributed by atoms with Gasteiger partial charge in [-0.2, -0.15) is 0 Å². The molecule has 1 saturated heterocycles. The number of amides is 1. The monoisotopic (exact) mass is 384 g/mol. The van der Waals surface area contributed by atoms with Crippen LogP contribution in [0.3, 0.4) is 0 Å². The van der Waals surface area contributed by atoms with Crippen molar-refractivity contribution in [2.75, 3.05) is 16.2 Å². The van der Waals surface area contributed by atoms with Crippen LogP contribution in [0.15, 0.2) is 47.4 Å². The van der Waals surface area contributed by atoms with Crippen LogP contribution in [-0.4, -0.2) is 20.9 Å². The molecule has 0 radical (unpaired) electrons. The minimum Gasteiger partial charge on any atom is -0.311 e. The first-order valence-corrected chi connectivity index (χ1v) is 9.49. The van der Waals surface area contributed by atoms with Crippen LogP contribution < -0.4 is 9.62 Å². The smallest absolute Gasteiger partial charge is 0.261 e. The fraction of sp³-hybridized carbons (Fsp3) is 0.188. The SMILES string of the molecule is O=C1CCCN1c1ccc(NS(=O)(=O)c2cccc(Cl)c2)cc1Cl. The van der Waals surface area contributed by atoms with Crippen molar-refractivity contribution in [2.24, 2.45) is 0 Å². The highest BCUT2D eigenvalue weighted by atomic mass is 35.5. The van der Waals surface area contributed by atoms with E-state index >= 15 is 0 Å². The molecule has 0 unspecified atom stereocenters. The Morgan fingerprint density at radius 2 is 1.88 bits per heavy atom. The van der Waals surface area contributed by atoms with Crippen molar-refractivity contribution in [1.82, 2.24) is 0 Å². The van der Waals surface area contributed by atoms with Gasteiger partial charge in [-0.25, -0.2) is 8.42 Å². The maximum atomic E-state index is 12.4. The lowest BCUT2D eigenvalue weighted by atomic mass is 10.2. The normalized spacial score (nSPS) is 14.9. The van der Waals surface area contributed by atoms with E-state index < -0.39 is 10.0 Å². The number of carbonyl (C=O) groups is 1. The summed E-state index contributed by atoms with van der Waals surface area (Å²) >= 11 is 12.1. The highest BCUT2D eigenvalue weighted by Crippen LogP contribution is 2.32. The topological polar surface area (TPSA) is 66.5 Å². The Hall–Kier alpha value is -1.76. The fourth-order valence-corrected chi connectivity index (χ4v) is 4.17. The third-order valence-electron chi connectivity index (χ3n) is 3.67. The van der Waals surface area contributed by atoms with Crippen LogP contribution in [0.5, 0.6) is 0 Å². The molecule has 0 atom stereocenters. The van der Waals surface area contributed by atoms with Gasteiger partial charge >= 0.3 is 0 Å². The Kier molecular flexibility index (Phi) is 4.71. The van der Waals surface area contributed by atoms with E-state index in [1.807, 2.05) is 0 Å². The predicted molar refractivity (Wildman–Crippen MR) is 95.3 cm³/mol. The maximum Gasteiger partial charge on any atom is 0.261 e. The number of anilines is 2. The van der Waals surface area contributed by atoms with Crippen LogP contribution in [0.4, 0.5) is 11.4 Å². The van der Waals surface area contributed by atoms with E-state index in [4.69, 9.17) is 23.2 Å². The Balaban J connectivity index is 1.86. The van der Waals surface area contributed by atoms with Gasteiger partial charge in [0, 0.05) is 18.0 Å². The molecule has 2 aromatic carbocycles. The molecule has 0 aliphatic carbocycles. The summed E-state index contributed by atoms with van der Waals surface area (Å²) in [6.45, 7) is 0.617. The van der Waals surface area contributed by atoms with Crippen molar-refractivity contribution in [2.45, 2.75) is 17.7 Å². The van der Waals surface area contributed by atoms with Gasteiger partial charge in [0.15, 0.2) is 0 Å². The van der Waals surface area contributed by atoms with Crippen molar-refractivity contribution in [1.29, 1.82) is 0 Å². The lowest BCUT2D eigenvalue weighted by Gasteiger charge is -2.18. The van der Waals surface area contributed by atoms with Crippen LogP contribution >= 0.6 is 23.2 Å². The fourth-order valence-electron chi connectivity index (χ4n) is 2.54. The summed E-state index contributed by atoms with van der Waals surface area (Å²) in [6.07, 6.45) is 1.29. The second-order valence-corrected chi connectivity index (χ2v) is 7.90. The van der Waals surface area contributed by atoms with E-state index in [1.165, 1.54) is 18.2 Å². The van der Waals surface area contributed by atoms with Crippen molar-refractivity contribution in [3.63, 3.8) is 0 Å². The minimum atomic E-state index is -3.77. The molecule has 1 aliphatic heterocycles. The molecule has 2 aromatic rings. The van der Waals surface area contributed by atoms with Crippen LogP contribution in [0.1, 0.15) is 12.8 Å². The molecule has 0 bridgehead atoms. The summed E-state index contributed by atoms with van der Waals surface area (Å²) in [5, 5.41) is 0.648. The largest absolute Gasteiger partial charge is 0.311 e. The Morgan fingerprint density at radius 3 is 2.50 bits per heavy atom. The number of hydrogen-bond donors (Lipinski definition) is 1. The van der Waals surface area contributed by atoms with Gasteiger partial charge < -0.3 is 4.90 Å². The second-order valence-electron chi connectivity index (χ2n) is 5.38. The molecule has 24 heavy (non-hydrogen) atoms. The van der Waals surface area contributed by atoms with E-state index in [1.54, 1.807) is 29.2 Å². The van der Waals surface area contributed by atoms with Gasteiger partial charge in [-0.1, -0.05) is 29.3 Å². The summed E-state index contributed by atoms with van der Waals surface area (Å²) in [4.78, 5) is 13.5. The maximum absolute atomic E-state index is 12.4. The number of halogens is 2. The summed E-state index contributed by atoms with van der Waals surface area (Å²) < 4.78 is 27.2. The number of nitrogens with zero attached hydrogens (tertiary/aromatic N) is 1. The highest BCUT2D eigenvalue weighted by Gasteiger charge is 2.24. The number of rotatable bonds is 4. The van der Waals surface area contributed by atoms with Crippen molar-refractivity contribution >= 4 is 50.5 Å². The third-order valence-corrected chi connectivity index (χ3v) is 5.59. The summed E-state index contributed by atoms with van der Waals surface area (Å²) in [6, 6.07) is 10.7. The zero-order chi connectivity index (χ0) is 17.3. The molecule has 1 aliphatic rings. The first-order valence-electron chi connectivity index (χ1n) is 7.25. The third kappa shape index (κ3) is 3.50. The van der Waals surface area contributed by atoms with Crippen LogP contribution in [0.2, 0.25) is 10.0 Å². The van der Waals surface area contributed by atoms with Crippen LogP contribution in [0.25, 0.3) is 0 Å². The molecule has 0 aromatic heterocycles. The number of hydrogen-bond acceptors (Lipinski definition) is 3. The number of sulfonamides is 1. The first kappa shape index (κ1) is 17.1. The van der Waals surface area contributed by atoms with Gasteiger partial charge in [0.1, 0.15) is 0 Å². The van der Waals surface area contributed by atoms with E-state index in [0.29, 0.717) is 34.4 Å². The average Bonchev–Trinajstić information content (AvgIpc) is 2.93. The Morgan fingerprint density at radius 1 is 1.08 bits per heavy atom. The molecule has 1 amide bonds. The molecule has 1 N–H and O–H groups in total. The molecule has 1 heterocycles. The molecule has 8 heteroatoms. The van der Waals surface area contributed by atoms with Gasteiger partial charge in [-0.05, 0) is 42.8 Å². The van der Waals surface area contributed by atoms with Gasteiger partial charge in [0.2, 0.25) is 5.91 Å². The van der Waals surface area contributed by atoms with Crippen molar-refractivity contribution in [3.8, 4) is 0 Å². The van der Waals surface area contributed by atoms with Gasteiger partial charge in [-0.15, -0.1) is 0 Å². The zero-order valence-electron chi connectivity index (χ0n) is 12.5. The highest BCUT2D eigenvalue weighted by molar-refractivity contribution is 7.92. The predicted octanol–water partition coefficient (Wildman–Crippen LogP) is 3.92. The van der Waals surface area contributed by atoms with Crippen LogP contribution in [0, 0.1) is 0 Å². The molecule has 3 rings (SSSR count). The van der Waals surface area contributed by atoms with Crippen LogP contribution in [-0.2, 0) is 14.8 Å². The second kappa shape index (κ2) is 6.63. The van der Waals surface area contributed by atoms with Gasteiger partial charge in [0.25, 0.3) is 10.0 Å². The van der Waals surface area contributed by atoms with Gasteiger partial charge in [0.05, 0.1) is 21.3 Å². The van der Waals surface area contributed by atoms with Crippen molar-refractivity contribution < 1.29 is 13.2 Å². The average molecular weight is 385 g/mol.